The molecule has 0 aliphatic rings. The molecule has 0 heterocycles. The van der Waals surface area contributed by atoms with Crippen molar-refractivity contribution in [3.05, 3.63) is 71.8 Å². The molecule has 114 valence electrons. The summed E-state index contributed by atoms with van der Waals surface area (Å²) in [6.07, 6.45) is 3.06. The second-order valence-corrected chi connectivity index (χ2v) is 4.52. The highest BCUT2D eigenvalue weighted by Crippen LogP contribution is 2.13. The van der Waals surface area contributed by atoms with Crippen LogP contribution in [0.15, 0.2) is 60.7 Å². The molecule has 0 N–H and O–H groups in total. The third-order valence-electron chi connectivity index (χ3n) is 2.91. The monoisotopic (exact) mass is 298 g/mol. The van der Waals surface area contributed by atoms with E-state index < -0.39 is 0 Å². The summed E-state index contributed by atoms with van der Waals surface area (Å²) in [6, 6.07) is 17.3. The van der Waals surface area contributed by atoms with Gasteiger partial charge in [0.1, 0.15) is 5.75 Å². The molecule has 0 amide bonds. The van der Waals surface area contributed by atoms with Crippen molar-refractivity contribution < 1.29 is 19.0 Å². The number of carbonyl (C=O) groups is 1. The van der Waals surface area contributed by atoms with Gasteiger partial charge in [0.25, 0.3) is 0 Å². The first-order valence-corrected chi connectivity index (χ1v) is 6.88. The van der Waals surface area contributed by atoms with Gasteiger partial charge in [-0.15, -0.1) is 0 Å². The van der Waals surface area contributed by atoms with Gasteiger partial charge in [0, 0.05) is 6.08 Å². The van der Waals surface area contributed by atoms with Gasteiger partial charge in [0.2, 0.25) is 0 Å². The summed E-state index contributed by atoms with van der Waals surface area (Å²) >= 11 is 0. The molecule has 0 aliphatic heterocycles. The molecule has 0 saturated carbocycles. The predicted octanol–water partition coefficient (Wildman–Crippen LogP) is 3.43. The molecule has 0 saturated heterocycles. The molecule has 4 heteroatoms. The fraction of sp³-hybridized carbons (Fsp3) is 0.167. The van der Waals surface area contributed by atoms with E-state index in [4.69, 9.17) is 9.47 Å². The lowest BCUT2D eigenvalue weighted by atomic mass is 10.2. The summed E-state index contributed by atoms with van der Waals surface area (Å²) in [4.78, 5) is 11.0. The molecule has 4 nitrogen and oxygen atoms in total. The smallest absolute Gasteiger partial charge is 0.330 e. The summed E-state index contributed by atoms with van der Waals surface area (Å²) in [7, 11) is 1.35. The molecule has 0 aliphatic carbocycles. The van der Waals surface area contributed by atoms with E-state index in [9.17, 15) is 4.79 Å². The number of hydrogen-bond donors (Lipinski definition) is 0. The van der Waals surface area contributed by atoms with E-state index in [0.29, 0.717) is 12.4 Å². The Bertz CT molecular complexity index is 603. The zero-order valence-corrected chi connectivity index (χ0v) is 12.4. The molecule has 2 aromatic rings. The second kappa shape index (κ2) is 8.64. The Morgan fingerprint density at radius 2 is 1.77 bits per heavy atom. The first-order valence-electron chi connectivity index (χ1n) is 6.88. The molecule has 2 aromatic carbocycles. The Balaban J connectivity index is 1.74. The highest BCUT2D eigenvalue weighted by Gasteiger charge is 1.96. The number of esters is 1. The minimum atomic E-state index is -0.380. The number of rotatable bonds is 7. The van der Waals surface area contributed by atoms with Gasteiger partial charge in [-0.1, -0.05) is 42.5 Å². The van der Waals surface area contributed by atoms with Crippen molar-refractivity contribution in [3.8, 4) is 5.75 Å². The highest BCUT2D eigenvalue weighted by molar-refractivity contribution is 5.86. The molecule has 0 fully saturated rings. The quantitative estimate of drug-likeness (QED) is 0.340. The van der Waals surface area contributed by atoms with Crippen LogP contribution in [0.3, 0.4) is 0 Å². The van der Waals surface area contributed by atoms with Gasteiger partial charge in [0.15, 0.2) is 6.79 Å². The fourth-order valence-electron chi connectivity index (χ4n) is 1.75. The van der Waals surface area contributed by atoms with E-state index >= 15 is 0 Å². The Morgan fingerprint density at radius 1 is 1.05 bits per heavy atom. The summed E-state index contributed by atoms with van der Waals surface area (Å²) in [6.45, 7) is 0.701. The van der Waals surface area contributed by atoms with E-state index in [0.717, 1.165) is 11.1 Å². The molecular formula is C18H18O4. The van der Waals surface area contributed by atoms with Crippen molar-refractivity contribution in [1.82, 2.24) is 0 Å². The zero-order chi connectivity index (χ0) is 15.6. The van der Waals surface area contributed by atoms with Crippen LogP contribution >= 0.6 is 0 Å². The SMILES string of the molecule is COC(=O)/C=C/c1ccc(OCOCc2ccccc2)cc1. The third-order valence-corrected chi connectivity index (χ3v) is 2.91. The van der Waals surface area contributed by atoms with Crippen molar-refractivity contribution in [2.75, 3.05) is 13.9 Å². The summed E-state index contributed by atoms with van der Waals surface area (Å²) < 4.78 is 15.5. The maximum Gasteiger partial charge on any atom is 0.330 e. The molecule has 0 radical (unpaired) electrons. The van der Waals surface area contributed by atoms with Gasteiger partial charge >= 0.3 is 5.97 Å². The van der Waals surface area contributed by atoms with Gasteiger partial charge < -0.3 is 14.2 Å². The Hall–Kier alpha value is -2.59. The minimum absolute atomic E-state index is 0.187. The number of methoxy groups -OCH3 is 1. The van der Waals surface area contributed by atoms with E-state index in [2.05, 4.69) is 4.74 Å². The van der Waals surface area contributed by atoms with Crippen LogP contribution in [0.1, 0.15) is 11.1 Å². The normalized spacial score (nSPS) is 10.6. The number of ether oxygens (including phenoxy) is 3. The van der Waals surface area contributed by atoms with Crippen LogP contribution in [-0.4, -0.2) is 19.9 Å². The Morgan fingerprint density at radius 3 is 2.45 bits per heavy atom. The summed E-state index contributed by atoms with van der Waals surface area (Å²) in [5, 5.41) is 0. The molecule has 2 rings (SSSR count). The first-order chi connectivity index (χ1) is 10.8. The van der Waals surface area contributed by atoms with Crippen LogP contribution in [-0.2, 0) is 20.9 Å². The van der Waals surface area contributed by atoms with Gasteiger partial charge in [-0.05, 0) is 29.3 Å². The lowest BCUT2D eigenvalue weighted by molar-refractivity contribution is -0.134. The van der Waals surface area contributed by atoms with Crippen molar-refractivity contribution in [3.63, 3.8) is 0 Å². The standard InChI is InChI=1S/C18H18O4/c1-20-18(19)12-9-15-7-10-17(11-8-15)22-14-21-13-16-5-3-2-4-6-16/h2-12H,13-14H2,1H3/b12-9+. The third kappa shape index (κ3) is 5.42. The average molecular weight is 298 g/mol. The van der Waals surface area contributed by atoms with Gasteiger partial charge in [0.05, 0.1) is 13.7 Å². The van der Waals surface area contributed by atoms with E-state index in [1.54, 1.807) is 6.08 Å². The van der Waals surface area contributed by atoms with E-state index in [1.165, 1.54) is 13.2 Å². The Kier molecular flexibility index (Phi) is 6.20. The lowest BCUT2D eigenvalue weighted by Gasteiger charge is -2.07. The first kappa shape index (κ1) is 15.8. The maximum absolute atomic E-state index is 11.0. The minimum Gasteiger partial charge on any atom is -0.468 e. The maximum atomic E-state index is 11.0. The largest absolute Gasteiger partial charge is 0.468 e. The van der Waals surface area contributed by atoms with Gasteiger partial charge in [-0.2, -0.15) is 0 Å². The van der Waals surface area contributed by atoms with Crippen molar-refractivity contribution in [2.45, 2.75) is 6.61 Å². The molecule has 0 spiro atoms. The average Bonchev–Trinajstić information content (AvgIpc) is 2.58. The number of carbonyl (C=O) groups excluding carboxylic acids is 1. The topological polar surface area (TPSA) is 44.8 Å². The van der Waals surface area contributed by atoms with Gasteiger partial charge in [-0.3, -0.25) is 0 Å². The van der Waals surface area contributed by atoms with Crippen LogP contribution in [0.5, 0.6) is 5.75 Å². The van der Waals surface area contributed by atoms with Crippen molar-refractivity contribution >= 4 is 12.0 Å². The zero-order valence-electron chi connectivity index (χ0n) is 12.4. The van der Waals surface area contributed by atoms with Gasteiger partial charge in [-0.25, -0.2) is 4.79 Å². The van der Waals surface area contributed by atoms with Crippen LogP contribution < -0.4 is 4.74 Å². The number of hydrogen-bond acceptors (Lipinski definition) is 4. The lowest BCUT2D eigenvalue weighted by Crippen LogP contribution is -2.02. The predicted molar refractivity (Wildman–Crippen MR) is 84.2 cm³/mol. The molecule has 0 aromatic heterocycles. The molecule has 0 atom stereocenters. The Labute approximate surface area is 129 Å². The molecule has 0 bridgehead atoms. The highest BCUT2D eigenvalue weighted by atomic mass is 16.7. The van der Waals surface area contributed by atoms with Crippen LogP contribution in [0, 0.1) is 0 Å². The summed E-state index contributed by atoms with van der Waals surface area (Å²) in [5.41, 5.74) is 2.00. The van der Waals surface area contributed by atoms with Crippen molar-refractivity contribution in [2.24, 2.45) is 0 Å². The van der Waals surface area contributed by atoms with E-state index in [1.807, 2.05) is 54.6 Å². The van der Waals surface area contributed by atoms with Crippen LogP contribution in [0.4, 0.5) is 0 Å². The van der Waals surface area contributed by atoms with E-state index in [-0.39, 0.29) is 12.8 Å². The molecule has 0 unspecified atom stereocenters. The number of benzene rings is 2. The van der Waals surface area contributed by atoms with Crippen LogP contribution in [0.2, 0.25) is 0 Å². The fourth-order valence-corrected chi connectivity index (χ4v) is 1.75. The van der Waals surface area contributed by atoms with Crippen molar-refractivity contribution in [1.29, 1.82) is 0 Å². The molecule has 22 heavy (non-hydrogen) atoms. The summed E-state index contributed by atoms with van der Waals surface area (Å²) in [5.74, 6) is 0.331. The second-order valence-electron chi connectivity index (χ2n) is 4.52. The molecular weight excluding hydrogens is 280 g/mol. The van der Waals surface area contributed by atoms with Crippen LogP contribution in [0.25, 0.3) is 6.08 Å².